The lowest BCUT2D eigenvalue weighted by Gasteiger charge is -2.29. The highest BCUT2D eigenvalue weighted by Crippen LogP contribution is 2.34. The third-order valence-electron chi connectivity index (χ3n) is 3.21. The number of carbonyl (C=O) groups excluding carboxylic acids is 1. The molecule has 5 heteroatoms. The summed E-state index contributed by atoms with van der Waals surface area (Å²) in [5.74, 6) is -0.296. The first-order chi connectivity index (χ1) is 9.28. The van der Waals surface area contributed by atoms with Gasteiger partial charge in [0.2, 0.25) is 0 Å². The lowest BCUT2D eigenvalue weighted by atomic mass is 10.0. The Balaban J connectivity index is 2.18. The summed E-state index contributed by atoms with van der Waals surface area (Å²) >= 11 is 3.19. The third-order valence-corrected chi connectivity index (χ3v) is 3.82. The largest absolute Gasteiger partial charge is 0.444 e. The zero-order chi connectivity index (χ0) is 14.9. The number of carbonyl (C=O) groups is 1. The third kappa shape index (κ3) is 3.51. The van der Waals surface area contributed by atoms with Crippen molar-refractivity contribution in [2.24, 2.45) is 0 Å². The first-order valence-electron chi connectivity index (χ1n) is 6.72. The van der Waals surface area contributed by atoms with E-state index >= 15 is 0 Å². The highest BCUT2D eigenvalue weighted by molar-refractivity contribution is 9.10. The second kappa shape index (κ2) is 5.72. The molecular formula is C15H19BrFNO2. The van der Waals surface area contributed by atoms with Crippen molar-refractivity contribution in [1.82, 2.24) is 4.90 Å². The molecule has 1 heterocycles. The van der Waals surface area contributed by atoms with E-state index in [4.69, 9.17) is 4.74 Å². The highest BCUT2D eigenvalue weighted by atomic mass is 79.9. The van der Waals surface area contributed by atoms with E-state index in [2.05, 4.69) is 15.9 Å². The second-order valence-corrected chi connectivity index (χ2v) is 6.86. The number of likely N-dealkylation sites (tertiary alicyclic amines) is 1. The molecule has 1 atom stereocenters. The molecule has 0 spiro atoms. The van der Waals surface area contributed by atoms with Crippen LogP contribution >= 0.6 is 15.9 Å². The molecule has 0 radical (unpaired) electrons. The fourth-order valence-corrected chi connectivity index (χ4v) is 2.77. The van der Waals surface area contributed by atoms with Crippen LogP contribution in [0.5, 0.6) is 0 Å². The molecule has 1 aromatic carbocycles. The molecule has 1 amide bonds. The normalized spacial score (nSPS) is 19.2. The van der Waals surface area contributed by atoms with Gasteiger partial charge in [-0.1, -0.05) is 6.07 Å². The van der Waals surface area contributed by atoms with Crippen molar-refractivity contribution in [3.63, 3.8) is 0 Å². The number of hydrogen-bond donors (Lipinski definition) is 0. The van der Waals surface area contributed by atoms with Crippen molar-refractivity contribution in [3.8, 4) is 0 Å². The predicted octanol–water partition coefficient (Wildman–Crippen LogP) is 4.66. The van der Waals surface area contributed by atoms with E-state index in [0.717, 1.165) is 18.4 Å². The van der Waals surface area contributed by atoms with Gasteiger partial charge in [0.05, 0.1) is 10.5 Å². The topological polar surface area (TPSA) is 29.5 Å². The SMILES string of the molecule is CC(C)(C)OC(=O)N1CCC[C@H]1c1ccc(F)c(Br)c1. The van der Waals surface area contributed by atoms with Gasteiger partial charge in [0, 0.05) is 6.54 Å². The molecule has 0 bridgehead atoms. The van der Waals surface area contributed by atoms with Gasteiger partial charge in [-0.05, 0) is 67.2 Å². The summed E-state index contributed by atoms with van der Waals surface area (Å²) in [5, 5.41) is 0. The molecular weight excluding hydrogens is 325 g/mol. The Morgan fingerprint density at radius 3 is 2.75 bits per heavy atom. The fraction of sp³-hybridized carbons (Fsp3) is 0.533. The van der Waals surface area contributed by atoms with Crippen LogP contribution in [0.2, 0.25) is 0 Å². The van der Waals surface area contributed by atoms with Gasteiger partial charge in [0.15, 0.2) is 0 Å². The van der Waals surface area contributed by atoms with Gasteiger partial charge in [-0.25, -0.2) is 9.18 Å². The molecule has 1 aliphatic heterocycles. The van der Waals surface area contributed by atoms with Gasteiger partial charge in [0.25, 0.3) is 0 Å². The van der Waals surface area contributed by atoms with Crippen LogP contribution in [0.3, 0.4) is 0 Å². The molecule has 1 aromatic rings. The van der Waals surface area contributed by atoms with E-state index in [9.17, 15) is 9.18 Å². The number of halogens is 2. The maximum atomic E-state index is 13.3. The van der Waals surface area contributed by atoms with Gasteiger partial charge < -0.3 is 9.64 Å². The highest BCUT2D eigenvalue weighted by Gasteiger charge is 2.33. The zero-order valence-electron chi connectivity index (χ0n) is 12.0. The first-order valence-corrected chi connectivity index (χ1v) is 7.52. The first kappa shape index (κ1) is 15.3. The summed E-state index contributed by atoms with van der Waals surface area (Å²) in [6.07, 6.45) is 1.50. The maximum Gasteiger partial charge on any atom is 0.410 e. The Kier molecular flexibility index (Phi) is 4.37. The number of nitrogens with zero attached hydrogens (tertiary/aromatic N) is 1. The zero-order valence-corrected chi connectivity index (χ0v) is 13.5. The van der Waals surface area contributed by atoms with Crippen molar-refractivity contribution >= 4 is 22.0 Å². The van der Waals surface area contributed by atoms with E-state index < -0.39 is 5.60 Å². The van der Waals surface area contributed by atoms with Crippen molar-refractivity contribution in [2.75, 3.05) is 6.54 Å². The molecule has 0 N–H and O–H groups in total. The molecule has 20 heavy (non-hydrogen) atoms. The minimum atomic E-state index is -0.506. The molecule has 1 saturated heterocycles. The van der Waals surface area contributed by atoms with Crippen LogP contribution in [0, 0.1) is 5.82 Å². The Morgan fingerprint density at radius 2 is 2.15 bits per heavy atom. The van der Waals surface area contributed by atoms with Gasteiger partial charge in [-0.15, -0.1) is 0 Å². The molecule has 110 valence electrons. The molecule has 3 nitrogen and oxygen atoms in total. The summed E-state index contributed by atoms with van der Waals surface area (Å²) in [6, 6.07) is 4.85. The van der Waals surface area contributed by atoms with Crippen molar-refractivity contribution < 1.29 is 13.9 Å². The predicted molar refractivity (Wildman–Crippen MR) is 79.0 cm³/mol. The van der Waals surface area contributed by atoms with Gasteiger partial charge in [0.1, 0.15) is 11.4 Å². The number of amides is 1. The van der Waals surface area contributed by atoms with E-state index in [1.165, 1.54) is 6.07 Å². The molecule has 0 aromatic heterocycles. The van der Waals surface area contributed by atoms with Crippen LogP contribution < -0.4 is 0 Å². The summed E-state index contributed by atoms with van der Waals surface area (Å²) in [6.45, 7) is 6.23. The van der Waals surface area contributed by atoms with Crippen molar-refractivity contribution in [2.45, 2.75) is 45.3 Å². The van der Waals surface area contributed by atoms with Crippen LogP contribution in [-0.4, -0.2) is 23.1 Å². The molecule has 0 aliphatic carbocycles. The number of hydrogen-bond acceptors (Lipinski definition) is 2. The molecule has 0 saturated carbocycles. The second-order valence-electron chi connectivity index (χ2n) is 6.01. The van der Waals surface area contributed by atoms with Gasteiger partial charge >= 0.3 is 6.09 Å². The Hall–Kier alpha value is -1.10. The van der Waals surface area contributed by atoms with E-state index in [-0.39, 0.29) is 18.0 Å². The number of ether oxygens (including phenoxy) is 1. The monoisotopic (exact) mass is 343 g/mol. The molecule has 0 unspecified atom stereocenters. The lowest BCUT2D eigenvalue weighted by molar-refractivity contribution is 0.0224. The van der Waals surface area contributed by atoms with Crippen LogP contribution in [0.4, 0.5) is 9.18 Å². The summed E-state index contributed by atoms with van der Waals surface area (Å²) in [7, 11) is 0. The summed E-state index contributed by atoms with van der Waals surface area (Å²) < 4.78 is 19.2. The Bertz CT molecular complexity index is 513. The number of rotatable bonds is 1. The van der Waals surface area contributed by atoms with Crippen LogP contribution in [-0.2, 0) is 4.74 Å². The summed E-state index contributed by atoms with van der Waals surface area (Å²) in [5.41, 5.74) is 0.426. The average molecular weight is 344 g/mol. The quantitative estimate of drug-likeness (QED) is 0.742. The minimum Gasteiger partial charge on any atom is -0.444 e. The average Bonchev–Trinajstić information content (AvgIpc) is 2.79. The lowest BCUT2D eigenvalue weighted by Crippen LogP contribution is -2.36. The van der Waals surface area contributed by atoms with Gasteiger partial charge in [-0.2, -0.15) is 0 Å². The Labute approximate surface area is 127 Å². The maximum absolute atomic E-state index is 13.3. The molecule has 1 fully saturated rings. The van der Waals surface area contributed by atoms with Crippen molar-refractivity contribution in [1.29, 1.82) is 0 Å². The Morgan fingerprint density at radius 1 is 1.45 bits per heavy atom. The van der Waals surface area contributed by atoms with Crippen LogP contribution in [0.15, 0.2) is 22.7 Å². The molecule has 2 rings (SSSR count). The van der Waals surface area contributed by atoms with Crippen LogP contribution in [0.25, 0.3) is 0 Å². The standard InChI is InChI=1S/C15H19BrFNO2/c1-15(2,3)20-14(19)18-8-4-5-13(18)10-6-7-12(17)11(16)9-10/h6-7,9,13H,4-5,8H2,1-3H3/t13-/m0/s1. The van der Waals surface area contributed by atoms with Crippen molar-refractivity contribution in [3.05, 3.63) is 34.1 Å². The smallest absolute Gasteiger partial charge is 0.410 e. The van der Waals surface area contributed by atoms with E-state index in [1.54, 1.807) is 17.0 Å². The fourth-order valence-electron chi connectivity index (χ4n) is 2.37. The molecule has 1 aliphatic rings. The van der Waals surface area contributed by atoms with E-state index in [0.29, 0.717) is 11.0 Å². The van der Waals surface area contributed by atoms with E-state index in [1.807, 2.05) is 20.8 Å². The minimum absolute atomic E-state index is 0.0400. The van der Waals surface area contributed by atoms with Crippen LogP contribution in [0.1, 0.15) is 45.2 Å². The summed E-state index contributed by atoms with van der Waals surface area (Å²) in [4.78, 5) is 13.9. The number of benzene rings is 1. The van der Waals surface area contributed by atoms with Gasteiger partial charge in [-0.3, -0.25) is 0 Å².